The highest BCUT2D eigenvalue weighted by atomic mass is 32.2. The van der Waals surface area contributed by atoms with Gasteiger partial charge >= 0.3 is 0 Å². The Morgan fingerprint density at radius 3 is 2.71 bits per heavy atom. The highest BCUT2D eigenvalue weighted by Gasteiger charge is 2.31. The van der Waals surface area contributed by atoms with E-state index in [0.29, 0.717) is 6.04 Å². The highest BCUT2D eigenvalue weighted by molar-refractivity contribution is 7.98. The Bertz CT molecular complexity index is 358. The van der Waals surface area contributed by atoms with E-state index in [2.05, 4.69) is 49.7 Å². The molecule has 0 aliphatic heterocycles. The second-order valence-electron chi connectivity index (χ2n) is 5.24. The molecule has 1 aromatic rings. The molecule has 0 bridgehead atoms. The van der Waals surface area contributed by atoms with Gasteiger partial charge in [0.25, 0.3) is 0 Å². The first-order valence-electron chi connectivity index (χ1n) is 6.51. The Morgan fingerprint density at radius 1 is 1.35 bits per heavy atom. The van der Waals surface area contributed by atoms with Gasteiger partial charge in [-0.05, 0) is 50.0 Å². The minimum absolute atomic E-state index is 0.646. The minimum Gasteiger partial charge on any atom is -0.311 e. The highest BCUT2D eigenvalue weighted by Crippen LogP contribution is 2.38. The number of thioether (sulfide) groups is 1. The van der Waals surface area contributed by atoms with Crippen LogP contribution in [0.2, 0.25) is 0 Å². The second kappa shape index (κ2) is 5.92. The van der Waals surface area contributed by atoms with E-state index in [-0.39, 0.29) is 0 Å². The van der Waals surface area contributed by atoms with Crippen molar-refractivity contribution in [2.24, 2.45) is 0 Å². The Labute approximate surface area is 109 Å². The van der Waals surface area contributed by atoms with Crippen molar-refractivity contribution in [2.45, 2.75) is 44.7 Å². The number of hydrogen-bond donors (Lipinski definition) is 1. The Morgan fingerprint density at radius 2 is 2.06 bits per heavy atom. The Kier molecular flexibility index (Phi) is 4.52. The van der Waals surface area contributed by atoms with Crippen molar-refractivity contribution in [3.8, 4) is 0 Å². The topological polar surface area (TPSA) is 12.0 Å². The molecule has 1 aliphatic rings. The van der Waals surface area contributed by atoms with Crippen LogP contribution in [0.3, 0.4) is 0 Å². The van der Waals surface area contributed by atoms with Gasteiger partial charge in [-0.15, -0.1) is 0 Å². The molecule has 1 aliphatic carbocycles. The van der Waals surface area contributed by atoms with Crippen LogP contribution in [0.5, 0.6) is 0 Å². The molecule has 1 atom stereocenters. The first-order chi connectivity index (χ1) is 8.20. The summed E-state index contributed by atoms with van der Waals surface area (Å²) in [5.74, 6) is 2.00. The van der Waals surface area contributed by atoms with Crippen molar-refractivity contribution < 1.29 is 0 Å². The third kappa shape index (κ3) is 3.26. The van der Waals surface area contributed by atoms with Crippen LogP contribution in [0.15, 0.2) is 24.3 Å². The maximum Gasteiger partial charge on any atom is 0.0132 e. The summed E-state index contributed by atoms with van der Waals surface area (Å²) in [4.78, 5) is 0. The summed E-state index contributed by atoms with van der Waals surface area (Å²) in [5, 5.41) is 3.72. The fraction of sp³-hybridized carbons (Fsp3) is 0.600. The van der Waals surface area contributed by atoms with Crippen LogP contribution in [0.4, 0.5) is 0 Å². The first-order valence-corrected chi connectivity index (χ1v) is 7.90. The average Bonchev–Trinajstić information content (AvgIpc) is 2.25. The molecule has 0 radical (unpaired) electrons. The van der Waals surface area contributed by atoms with Crippen LogP contribution in [-0.4, -0.2) is 24.1 Å². The van der Waals surface area contributed by atoms with Crippen molar-refractivity contribution in [2.75, 3.05) is 12.0 Å². The summed E-state index contributed by atoms with van der Waals surface area (Å²) < 4.78 is 0. The van der Waals surface area contributed by atoms with Crippen molar-refractivity contribution in [3.63, 3.8) is 0 Å². The van der Waals surface area contributed by atoms with Crippen LogP contribution in [0, 0.1) is 6.92 Å². The fourth-order valence-corrected chi connectivity index (χ4v) is 3.35. The zero-order chi connectivity index (χ0) is 12.3. The van der Waals surface area contributed by atoms with Gasteiger partial charge < -0.3 is 5.32 Å². The molecule has 1 N–H and O–H groups in total. The average molecular weight is 249 g/mol. The van der Waals surface area contributed by atoms with Crippen molar-refractivity contribution >= 4 is 11.8 Å². The lowest BCUT2D eigenvalue weighted by atomic mass is 9.74. The monoisotopic (exact) mass is 249 g/mol. The fourth-order valence-electron chi connectivity index (χ4n) is 2.75. The maximum atomic E-state index is 3.72. The van der Waals surface area contributed by atoms with Gasteiger partial charge in [-0.3, -0.25) is 0 Å². The molecule has 1 fully saturated rings. The minimum atomic E-state index is 0.646. The Hall–Kier alpha value is -0.470. The first kappa shape index (κ1) is 13.0. The van der Waals surface area contributed by atoms with Gasteiger partial charge in [-0.2, -0.15) is 11.8 Å². The molecule has 1 aromatic carbocycles. The van der Waals surface area contributed by atoms with Gasteiger partial charge in [0.1, 0.15) is 0 Å². The quantitative estimate of drug-likeness (QED) is 0.856. The van der Waals surface area contributed by atoms with Crippen molar-refractivity contribution in [1.82, 2.24) is 5.32 Å². The number of hydrogen-bond acceptors (Lipinski definition) is 2. The molecule has 94 valence electrons. The van der Waals surface area contributed by atoms with E-state index in [0.717, 1.165) is 12.0 Å². The predicted octanol–water partition coefficient (Wildman–Crippen LogP) is 3.58. The van der Waals surface area contributed by atoms with E-state index in [4.69, 9.17) is 0 Å². The summed E-state index contributed by atoms with van der Waals surface area (Å²) in [6, 6.07) is 10.2. The summed E-state index contributed by atoms with van der Waals surface area (Å²) >= 11 is 1.92. The van der Waals surface area contributed by atoms with Gasteiger partial charge in [-0.25, -0.2) is 0 Å². The third-order valence-electron chi connectivity index (χ3n) is 3.70. The predicted molar refractivity (Wildman–Crippen MR) is 77.9 cm³/mol. The second-order valence-corrected chi connectivity index (χ2v) is 6.16. The summed E-state index contributed by atoms with van der Waals surface area (Å²) in [5.41, 5.74) is 3.01. The van der Waals surface area contributed by atoms with Crippen molar-refractivity contribution in [1.29, 1.82) is 0 Å². The molecule has 0 saturated heterocycles. The van der Waals surface area contributed by atoms with Gasteiger partial charge in [0.15, 0.2) is 0 Å². The number of nitrogens with one attached hydrogen (secondary N) is 1. The number of rotatable bonds is 5. The lowest BCUT2D eigenvalue weighted by Gasteiger charge is -2.38. The summed E-state index contributed by atoms with van der Waals surface area (Å²) in [6.45, 7) is 4.52. The molecule has 0 aromatic heterocycles. The smallest absolute Gasteiger partial charge is 0.0132 e. The van der Waals surface area contributed by atoms with Crippen molar-refractivity contribution in [3.05, 3.63) is 35.4 Å². The molecule has 0 heterocycles. The summed E-state index contributed by atoms with van der Waals surface area (Å²) in [7, 11) is 0. The van der Waals surface area contributed by atoms with Crippen LogP contribution in [-0.2, 0) is 0 Å². The van der Waals surface area contributed by atoms with Crippen LogP contribution in [0.1, 0.15) is 36.8 Å². The molecular weight excluding hydrogens is 226 g/mol. The third-order valence-corrected chi connectivity index (χ3v) is 4.54. The Balaban J connectivity index is 1.81. The normalized spacial score (nSPS) is 25.4. The maximum absolute atomic E-state index is 3.72. The van der Waals surface area contributed by atoms with Gasteiger partial charge in [0.05, 0.1) is 0 Å². The van der Waals surface area contributed by atoms with Crippen LogP contribution in [0.25, 0.3) is 0 Å². The van der Waals surface area contributed by atoms with Crippen LogP contribution < -0.4 is 5.32 Å². The van der Waals surface area contributed by atoms with Gasteiger partial charge in [-0.1, -0.05) is 24.3 Å². The van der Waals surface area contributed by atoms with E-state index in [1.165, 1.54) is 24.2 Å². The molecule has 1 nitrogen and oxygen atoms in total. The molecule has 1 unspecified atom stereocenters. The molecule has 17 heavy (non-hydrogen) atoms. The SMILES string of the molecule is CSCC(C)NC1CC(c2ccccc2C)C1. The van der Waals surface area contributed by atoms with E-state index in [9.17, 15) is 0 Å². The van der Waals surface area contributed by atoms with E-state index in [1.807, 2.05) is 11.8 Å². The lowest BCUT2D eigenvalue weighted by Crippen LogP contribution is -2.45. The van der Waals surface area contributed by atoms with Crippen LogP contribution >= 0.6 is 11.8 Å². The standard InChI is InChI=1S/C15H23NS/c1-11-6-4-5-7-15(11)13-8-14(9-13)16-12(2)10-17-3/h4-7,12-14,16H,8-10H2,1-3H3. The largest absolute Gasteiger partial charge is 0.311 e. The summed E-state index contributed by atoms with van der Waals surface area (Å²) in [6.07, 6.45) is 4.79. The number of aryl methyl sites for hydroxylation is 1. The van der Waals surface area contributed by atoms with E-state index < -0.39 is 0 Å². The molecule has 2 heteroatoms. The molecule has 1 saturated carbocycles. The lowest BCUT2D eigenvalue weighted by molar-refractivity contribution is 0.275. The van der Waals surface area contributed by atoms with E-state index >= 15 is 0 Å². The molecule has 2 rings (SSSR count). The number of benzene rings is 1. The van der Waals surface area contributed by atoms with Gasteiger partial charge in [0.2, 0.25) is 0 Å². The molecule has 0 spiro atoms. The molecule has 0 amide bonds. The molecular formula is C15H23NS. The van der Waals surface area contributed by atoms with Gasteiger partial charge in [0, 0.05) is 17.8 Å². The van der Waals surface area contributed by atoms with E-state index in [1.54, 1.807) is 5.56 Å². The zero-order valence-electron chi connectivity index (χ0n) is 11.1. The zero-order valence-corrected chi connectivity index (χ0v) is 11.9.